The molecule has 5 nitrogen and oxygen atoms in total. The molecule has 0 saturated carbocycles. The van der Waals surface area contributed by atoms with E-state index in [1.807, 2.05) is 0 Å². The summed E-state index contributed by atoms with van der Waals surface area (Å²) < 4.78 is 20.2. The summed E-state index contributed by atoms with van der Waals surface area (Å²) in [6.07, 6.45) is -1.02. The maximum Gasteiger partial charge on any atom is 0.254 e. The van der Waals surface area contributed by atoms with Crippen LogP contribution >= 0.6 is 28.3 Å². The third kappa shape index (κ3) is 5.79. The van der Waals surface area contributed by atoms with E-state index in [4.69, 9.17) is 15.9 Å². The van der Waals surface area contributed by atoms with Crippen LogP contribution in [-0.2, 0) is 16.1 Å². The van der Waals surface area contributed by atoms with Crippen molar-refractivity contribution in [2.45, 2.75) is 19.6 Å². The van der Waals surface area contributed by atoms with Crippen molar-refractivity contribution in [3.05, 3.63) is 69.4 Å². The van der Waals surface area contributed by atoms with E-state index in [0.29, 0.717) is 10.0 Å². The summed E-state index contributed by atoms with van der Waals surface area (Å²) in [4.78, 5) is 12.5. The van der Waals surface area contributed by atoms with Crippen LogP contribution in [-0.4, -0.2) is 18.3 Å². The Balaban J connectivity index is 0.00000338. The lowest BCUT2D eigenvalue weighted by atomic mass is 10.1. The van der Waals surface area contributed by atoms with Gasteiger partial charge in [-0.15, -0.1) is 12.4 Å². The number of ether oxygens (including phenoxy) is 1. The summed E-state index contributed by atoms with van der Waals surface area (Å²) in [6, 6.07) is 11.4. The first kappa shape index (κ1) is 22.1. The molecule has 8 heteroatoms. The maximum atomic E-state index is 14.1. The number of nitrogen functional groups attached to an aromatic ring is 1. The minimum Gasteiger partial charge on any atom is -0.384 e. The zero-order valence-electron chi connectivity index (χ0n) is 14.1. The second-order valence-electron chi connectivity index (χ2n) is 5.33. The average Bonchev–Trinajstić information content (AvgIpc) is 2.58. The van der Waals surface area contributed by atoms with Gasteiger partial charge in [-0.1, -0.05) is 46.3 Å². The molecule has 2 aromatic carbocycles. The number of amidine groups is 1. The molecule has 1 amide bonds. The van der Waals surface area contributed by atoms with E-state index in [1.54, 1.807) is 37.3 Å². The molecule has 0 aliphatic heterocycles. The van der Waals surface area contributed by atoms with E-state index in [0.717, 1.165) is 5.56 Å². The average molecular weight is 445 g/mol. The number of hydrogen-bond acceptors (Lipinski definition) is 3. The van der Waals surface area contributed by atoms with Crippen LogP contribution < -0.4 is 11.1 Å². The van der Waals surface area contributed by atoms with Gasteiger partial charge in [-0.25, -0.2) is 4.39 Å². The molecule has 2 aromatic rings. The predicted molar refractivity (Wildman–Crippen MR) is 105 cm³/mol. The number of hydrogen-bond donors (Lipinski definition) is 3. The Bertz CT molecular complexity index is 772. The zero-order valence-corrected chi connectivity index (χ0v) is 16.5. The number of rotatable bonds is 7. The summed E-state index contributed by atoms with van der Waals surface area (Å²) in [5, 5.41) is 10.1. The zero-order chi connectivity index (χ0) is 18.4. The molecule has 0 radical (unpaired) electrons. The molecule has 2 rings (SSSR count). The molecule has 0 spiro atoms. The fourth-order valence-corrected chi connectivity index (χ4v) is 2.60. The SMILES string of the molecule is CCOC(C(=O)NCc1ccc(C(=N)N)cc1)c1ccc(Br)cc1F.Cl. The molecule has 26 heavy (non-hydrogen) atoms. The highest BCUT2D eigenvalue weighted by molar-refractivity contribution is 9.10. The monoisotopic (exact) mass is 443 g/mol. The molecule has 4 N–H and O–H groups in total. The van der Waals surface area contributed by atoms with Gasteiger partial charge in [-0.2, -0.15) is 0 Å². The largest absolute Gasteiger partial charge is 0.384 e. The van der Waals surface area contributed by atoms with Crippen LogP contribution in [0.1, 0.15) is 29.7 Å². The molecular formula is C18H20BrClFN3O2. The van der Waals surface area contributed by atoms with Crippen molar-refractivity contribution in [2.24, 2.45) is 5.73 Å². The van der Waals surface area contributed by atoms with E-state index in [1.165, 1.54) is 12.1 Å². The maximum absolute atomic E-state index is 14.1. The quantitative estimate of drug-likeness (QED) is 0.449. The van der Waals surface area contributed by atoms with Crippen LogP contribution in [0.5, 0.6) is 0 Å². The Hall–Kier alpha value is -1.96. The van der Waals surface area contributed by atoms with Gasteiger partial charge in [0.05, 0.1) is 0 Å². The summed E-state index contributed by atoms with van der Waals surface area (Å²) in [5.41, 5.74) is 7.04. The highest BCUT2D eigenvalue weighted by Gasteiger charge is 2.24. The molecule has 0 aliphatic carbocycles. The third-order valence-corrected chi connectivity index (χ3v) is 4.04. The number of benzene rings is 2. The van der Waals surface area contributed by atoms with Crippen molar-refractivity contribution in [2.75, 3.05) is 6.61 Å². The Morgan fingerprint density at radius 3 is 2.50 bits per heavy atom. The molecule has 140 valence electrons. The van der Waals surface area contributed by atoms with Crippen molar-refractivity contribution in [3.8, 4) is 0 Å². The number of carbonyl (C=O) groups excluding carboxylic acids is 1. The van der Waals surface area contributed by atoms with Crippen LogP contribution in [0.4, 0.5) is 4.39 Å². The Morgan fingerprint density at radius 2 is 1.96 bits per heavy atom. The highest BCUT2D eigenvalue weighted by Crippen LogP contribution is 2.24. The highest BCUT2D eigenvalue weighted by atomic mass is 79.9. The van der Waals surface area contributed by atoms with Crippen LogP contribution in [0.15, 0.2) is 46.9 Å². The van der Waals surface area contributed by atoms with Crippen LogP contribution in [0.2, 0.25) is 0 Å². The fourth-order valence-electron chi connectivity index (χ4n) is 2.27. The molecule has 0 heterocycles. The Kier molecular flexibility index (Phi) is 8.71. The van der Waals surface area contributed by atoms with Crippen LogP contribution in [0, 0.1) is 11.2 Å². The number of carbonyl (C=O) groups is 1. The summed E-state index contributed by atoms with van der Waals surface area (Å²) in [7, 11) is 0. The lowest BCUT2D eigenvalue weighted by molar-refractivity contribution is -0.133. The number of nitrogens with one attached hydrogen (secondary N) is 2. The van der Waals surface area contributed by atoms with E-state index in [2.05, 4.69) is 21.2 Å². The molecule has 1 atom stereocenters. The predicted octanol–water partition coefficient (Wildman–Crippen LogP) is 3.69. The van der Waals surface area contributed by atoms with E-state index >= 15 is 0 Å². The minimum absolute atomic E-state index is 0. The van der Waals surface area contributed by atoms with Gasteiger partial charge in [-0.05, 0) is 24.6 Å². The normalized spacial score (nSPS) is 11.3. The fraction of sp³-hybridized carbons (Fsp3) is 0.222. The van der Waals surface area contributed by atoms with Gasteiger partial charge >= 0.3 is 0 Å². The molecule has 0 fully saturated rings. The molecule has 0 bridgehead atoms. The van der Waals surface area contributed by atoms with Crippen molar-refractivity contribution >= 4 is 40.1 Å². The van der Waals surface area contributed by atoms with Gasteiger partial charge < -0.3 is 15.8 Å². The standard InChI is InChI=1S/C18H19BrFN3O2.ClH/c1-2-25-16(14-8-7-13(19)9-15(14)20)18(24)23-10-11-3-5-12(6-4-11)17(21)22;/h3-9,16H,2,10H2,1H3,(H3,21,22)(H,23,24);1H. The molecule has 0 aliphatic rings. The number of amides is 1. The molecule has 0 aromatic heterocycles. The summed E-state index contributed by atoms with van der Waals surface area (Å²) in [6.45, 7) is 2.29. The van der Waals surface area contributed by atoms with E-state index in [9.17, 15) is 9.18 Å². The smallest absolute Gasteiger partial charge is 0.254 e. The summed E-state index contributed by atoms with van der Waals surface area (Å²) >= 11 is 3.19. The minimum atomic E-state index is -1.02. The van der Waals surface area contributed by atoms with Crippen molar-refractivity contribution in [3.63, 3.8) is 0 Å². The molecule has 0 saturated heterocycles. The first-order valence-corrected chi connectivity index (χ1v) is 8.49. The lowest BCUT2D eigenvalue weighted by Gasteiger charge is -2.18. The third-order valence-electron chi connectivity index (χ3n) is 3.55. The Labute approximate surface area is 166 Å². The summed E-state index contributed by atoms with van der Waals surface area (Å²) in [5.74, 6) is -0.940. The number of halogens is 3. The van der Waals surface area contributed by atoms with Crippen LogP contribution in [0.25, 0.3) is 0 Å². The van der Waals surface area contributed by atoms with Gasteiger partial charge in [0.2, 0.25) is 0 Å². The van der Waals surface area contributed by atoms with Gasteiger partial charge in [0.15, 0.2) is 6.10 Å². The van der Waals surface area contributed by atoms with Gasteiger partial charge in [-0.3, -0.25) is 10.2 Å². The van der Waals surface area contributed by atoms with Crippen molar-refractivity contribution in [1.29, 1.82) is 5.41 Å². The van der Waals surface area contributed by atoms with Crippen molar-refractivity contribution in [1.82, 2.24) is 5.32 Å². The van der Waals surface area contributed by atoms with Crippen molar-refractivity contribution < 1.29 is 13.9 Å². The van der Waals surface area contributed by atoms with E-state index in [-0.39, 0.29) is 37.0 Å². The van der Waals surface area contributed by atoms with Gasteiger partial charge in [0.1, 0.15) is 11.7 Å². The van der Waals surface area contributed by atoms with Gasteiger partial charge in [0, 0.05) is 28.8 Å². The Morgan fingerprint density at radius 1 is 1.31 bits per heavy atom. The topological polar surface area (TPSA) is 88.2 Å². The first-order chi connectivity index (χ1) is 11.9. The van der Waals surface area contributed by atoms with Gasteiger partial charge in [0.25, 0.3) is 5.91 Å². The second kappa shape index (κ2) is 10.3. The number of nitrogens with two attached hydrogens (primary N) is 1. The second-order valence-corrected chi connectivity index (χ2v) is 6.25. The van der Waals surface area contributed by atoms with Crippen LogP contribution in [0.3, 0.4) is 0 Å². The lowest BCUT2D eigenvalue weighted by Crippen LogP contribution is -2.31. The first-order valence-electron chi connectivity index (χ1n) is 7.70. The van der Waals surface area contributed by atoms with E-state index < -0.39 is 17.8 Å². The molecular weight excluding hydrogens is 425 g/mol. The molecule has 1 unspecified atom stereocenters.